The molecule has 1 saturated heterocycles. The molecule has 2 aromatic carbocycles. The van der Waals surface area contributed by atoms with Crippen molar-refractivity contribution in [2.75, 3.05) is 25.0 Å². The van der Waals surface area contributed by atoms with Crippen molar-refractivity contribution in [3.8, 4) is 11.3 Å². The maximum absolute atomic E-state index is 13.1. The number of nitrogens with one attached hydrogen (secondary N) is 2. The van der Waals surface area contributed by atoms with Crippen molar-refractivity contribution in [2.45, 2.75) is 6.42 Å². The zero-order valence-corrected chi connectivity index (χ0v) is 15.0. The van der Waals surface area contributed by atoms with Crippen molar-refractivity contribution >= 4 is 28.5 Å². The van der Waals surface area contributed by atoms with Gasteiger partial charge in [-0.05, 0) is 55.4 Å². The number of carbonyl (C=O) groups excluding carboxylic acids is 1. The number of halogens is 1. The number of nitrogens with zero attached hydrogens (tertiary/aromatic N) is 2. The van der Waals surface area contributed by atoms with E-state index in [0.29, 0.717) is 30.9 Å². The van der Waals surface area contributed by atoms with E-state index in [2.05, 4.69) is 15.5 Å². The fraction of sp³-hybridized carbons (Fsp3) is 0.250. The maximum atomic E-state index is 13.1. The summed E-state index contributed by atoms with van der Waals surface area (Å²) in [6.45, 7) is 1.00. The molecule has 1 aliphatic rings. The van der Waals surface area contributed by atoms with Crippen molar-refractivity contribution in [1.82, 2.24) is 15.1 Å². The Morgan fingerprint density at radius 2 is 2.04 bits per heavy atom. The first kappa shape index (κ1) is 18.1. The van der Waals surface area contributed by atoms with Crippen LogP contribution in [0.3, 0.4) is 0 Å². The van der Waals surface area contributed by atoms with Gasteiger partial charge in [0.1, 0.15) is 5.82 Å². The van der Waals surface area contributed by atoms with Gasteiger partial charge in [-0.15, -0.1) is 0 Å². The molecule has 1 aromatic heterocycles. The van der Waals surface area contributed by atoms with Crippen LogP contribution in [0.2, 0.25) is 0 Å². The lowest BCUT2D eigenvalue weighted by atomic mass is 10.1. The van der Waals surface area contributed by atoms with E-state index in [4.69, 9.17) is 5.11 Å². The van der Waals surface area contributed by atoms with E-state index in [1.54, 1.807) is 29.2 Å². The first-order valence-corrected chi connectivity index (χ1v) is 8.98. The molecule has 0 aliphatic carbocycles. The van der Waals surface area contributed by atoms with E-state index in [9.17, 15) is 14.0 Å². The molecule has 1 amide bonds. The third-order valence-electron chi connectivity index (χ3n) is 4.95. The van der Waals surface area contributed by atoms with Gasteiger partial charge >= 0.3 is 5.97 Å². The number of aromatic nitrogens is 2. The van der Waals surface area contributed by atoms with E-state index < -0.39 is 5.97 Å². The molecule has 3 N–H and O–H groups in total. The van der Waals surface area contributed by atoms with Gasteiger partial charge in [-0.3, -0.25) is 19.6 Å². The highest BCUT2D eigenvalue weighted by atomic mass is 19.1. The molecule has 0 radical (unpaired) electrons. The van der Waals surface area contributed by atoms with Crippen LogP contribution in [0, 0.1) is 11.7 Å². The number of carbonyl (C=O) groups is 2. The first-order chi connectivity index (χ1) is 13.5. The lowest BCUT2D eigenvalue weighted by Gasteiger charge is -2.13. The minimum atomic E-state index is -0.886. The largest absolute Gasteiger partial charge is 0.480 e. The Morgan fingerprint density at radius 1 is 1.25 bits per heavy atom. The van der Waals surface area contributed by atoms with Crippen molar-refractivity contribution in [1.29, 1.82) is 0 Å². The highest BCUT2D eigenvalue weighted by molar-refractivity contribution is 5.98. The van der Waals surface area contributed by atoms with Crippen LogP contribution in [-0.4, -0.2) is 51.7 Å². The Hall–Kier alpha value is -3.26. The highest BCUT2D eigenvalue weighted by Crippen LogP contribution is 2.28. The van der Waals surface area contributed by atoms with Crippen molar-refractivity contribution < 1.29 is 19.1 Å². The summed E-state index contributed by atoms with van der Waals surface area (Å²) in [5.74, 6) is -1.54. The highest BCUT2D eigenvalue weighted by Gasteiger charge is 2.29. The summed E-state index contributed by atoms with van der Waals surface area (Å²) < 4.78 is 13.1. The Labute approximate surface area is 160 Å². The van der Waals surface area contributed by atoms with Crippen LogP contribution < -0.4 is 5.32 Å². The summed E-state index contributed by atoms with van der Waals surface area (Å²) in [4.78, 5) is 25.1. The first-order valence-electron chi connectivity index (χ1n) is 8.98. The summed E-state index contributed by atoms with van der Waals surface area (Å²) in [7, 11) is 0. The van der Waals surface area contributed by atoms with Crippen molar-refractivity contribution in [3.63, 3.8) is 0 Å². The van der Waals surface area contributed by atoms with Gasteiger partial charge in [-0.1, -0.05) is 0 Å². The number of anilines is 1. The summed E-state index contributed by atoms with van der Waals surface area (Å²) in [6, 6.07) is 11.6. The molecule has 7 nitrogen and oxygen atoms in total. The predicted octanol–water partition coefficient (Wildman–Crippen LogP) is 2.71. The molecule has 8 heteroatoms. The third kappa shape index (κ3) is 3.72. The average molecular weight is 382 g/mol. The minimum Gasteiger partial charge on any atom is -0.480 e. The van der Waals surface area contributed by atoms with Gasteiger partial charge in [-0.2, -0.15) is 5.10 Å². The topological polar surface area (TPSA) is 98.3 Å². The van der Waals surface area contributed by atoms with Gasteiger partial charge in [0.05, 0.1) is 23.7 Å². The second kappa shape index (κ2) is 7.40. The van der Waals surface area contributed by atoms with Crippen LogP contribution in [-0.2, 0) is 9.59 Å². The number of fused-ring (bicyclic) bond motifs is 1. The van der Waals surface area contributed by atoms with Gasteiger partial charge < -0.3 is 10.4 Å². The second-order valence-corrected chi connectivity index (χ2v) is 6.94. The van der Waals surface area contributed by atoms with Gasteiger partial charge in [-0.25, -0.2) is 4.39 Å². The molecule has 1 aliphatic heterocycles. The fourth-order valence-electron chi connectivity index (χ4n) is 3.55. The molecule has 4 rings (SSSR count). The molecule has 0 bridgehead atoms. The van der Waals surface area contributed by atoms with Gasteiger partial charge in [0, 0.05) is 23.2 Å². The second-order valence-electron chi connectivity index (χ2n) is 6.94. The monoisotopic (exact) mass is 382 g/mol. The molecule has 1 fully saturated rings. The summed E-state index contributed by atoms with van der Waals surface area (Å²) in [6.07, 6.45) is 0.639. The minimum absolute atomic E-state index is 0.0456. The molecule has 3 aromatic rings. The third-order valence-corrected chi connectivity index (χ3v) is 4.95. The van der Waals surface area contributed by atoms with Crippen LogP contribution in [0.15, 0.2) is 42.5 Å². The Bertz CT molecular complexity index is 1030. The molecule has 1 atom stereocenters. The Morgan fingerprint density at radius 3 is 2.79 bits per heavy atom. The molecular weight excluding hydrogens is 363 g/mol. The Kier molecular flexibility index (Phi) is 4.79. The standard InChI is InChI=1S/C20H19FN4O3/c21-14-3-1-12(2-4-14)19-16-6-5-15(9-17(16)23-24-19)22-20(28)13-7-8-25(10-13)11-18(26)27/h1-6,9,13H,7-8,10-11H2,(H,22,28)(H,23,24)(H,26,27). The SMILES string of the molecule is O=C(O)CN1CCC(C(=O)Nc2ccc3c(-c4ccc(F)cc4)n[nH]c3c2)C1. The fourth-order valence-corrected chi connectivity index (χ4v) is 3.55. The van der Waals surface area contributed by atoms with Crippen molar-refractivity contribution in [3.05, 3.63) is 48.3 Å². The molecule has 2 heterocycles. The number of aliphatic carboxylic acids is 1. The van der Waals surface area contributed by atoms with E-state index in [1.165, 1.54) is 12.1 Å². The number of hydrogen-bond acceptors (Lipinski definition) is 4. The van der Waals surface area contributed by atoms with Crippen molar-refractivity contribution in [2.24, 2.45) is 5.92 Å². The number of carboxylic acids is 1. The molecular formula is C20H19FN4O3. The summed E-state index contributed by atoms with van der Waals surface area (Å²) >= 11 is 0. The van der Waals surface area contributed by atoms with Gasteiger partial charge in [0.25, 0.3) is 0 Å². The Balaban J connectivity index is 1.47. The molecule has 1 unspecified atom stereocenters. The van der Waals surface area contributed by atoms with Crippen LogP contribution in [0.5, 0.6) is 0 Å². The molecule has 0 saturated carbocycles. The molecule has 28 heavy (non-hydrogen) atoms. The smallest absolute Gasteiger partial charge is 0.317 e. The van der Waals surface area contributed by atoms with E-state index >= 15 is 0 Å². The number of benzene rings is 2. The number of aromatic amines is 1. The summed E-state index contributed by atoms with van der Waals surface area (Å²) in [5, 5.41) is 19.9. The van der Waals surface area contributed by atoms with Crippen LogP contribution >= 0.6 is 0 Å². The van der Waals surface area contributed by atoms with E-state index in [0.717, 1.165) is 16.5 Å². The van der Waals surface area contributed by atoms with Gasteiger partial charge in [0.15, 0.2) is 0 Å². The lowest BCUT2D eigenvalue weighted by molar-refractivity contribution is -0.138. The normalized spacial score (nSPS) is 17.1. The van der Waals surface area contributed by atoms with E-state index in [1.807, 2.05) is 6.07 Å². The zero-order chi connectivity index (χ0) is 19.7. The number of hydrogen-bond donors (Lipinski definition) is 3. The predicted molar refractivity (Wildman–Crippen MR) is 102 cm³/mol. The number of likely N-dealkylation sites (tertiary alicyclic amines) is 1. The van der Waals surface area contributed by atoms with Gasteiger partial charge in [0.2, 0.25) is 5.91 Å². The van der Waals surface area contributed by atoms with Crippen LogP contribution in [0.1, 0.15) is 6.42 Å². The maximum Gasteiger partial charge on any atom is 0.317 e. The zero-order valence-electron chi connectivity index (χ0n) is 15.0. The molecule has 0 spiro atoms. The van der Waals surface area contributed by atoms with Crippen LogP contribution in [0.4, 0.5) is 10.1 Å². The number of carboxylic acid groups (broad SMARTS) is 1. The number of H-pyrrole nitrogens is 1. The van der Waals surface area contributed by atoms with Crippen LogP contribution in [0.25, 0.3) is 22.2 Å². The van der Waals surface area contributed by atoms with E-state index in [-0.39, 0.29) is 24.2 Å². The lowest BCUT2D eigenvalue weighted by Crippen LogP contribution is -2.30. The number of rotatable bonds is 5. The average Bonchev–Trinajstić information content (AvgIpc) is 3.29. The summed E-state index contributed by atoms with van der Waals surface area (Å²) in [5.41, 5.74) is 2.92. The quantitative estimate of drug-likeness (QED) is 0.630. The number of amides is 1. The molecule has 144 valence electrons.